The first-order chi connectivity index (χ1) is 9.26. The van der Waals surface area contributed by atoms with Crippen molar-refractivity contribution in [3.8, 4) is 0 Å². The van der Waals surface area contributed by atoms with E-state index >= 15 is 0 Å². The van der Waals surface area contributed by atoms with Gasteiger partial charge in [-0.05, 0) is 47.2 Å². The Morgan fingerprint density at radius 1 is 1.21 bits per heavy atom. The molecule has 19 heavy (non-hydrogen) atoms. The lowest BCUT2D eigenvalue weighted by Crippen LogP contribution is -2.06. The molecule has 1 aromatic rings. The second kappa shape index (κ2) is 10.5. The van der Waals surface area contributed by atoms with Gasteiger partial charge in [-0.2, -0.15) is 11.8 Å². The first-order valence-electron chi connectivity index (χ1n) is 7.02. The van der Waals surface area contributed by atoms with Gasteiger partial charge in [0.1, 0.15) is 16.2 Å². The highest BCUT2D eigenvalue weighted by molar-refractivity contribution is 9.10. The van der Waals surface area contributed by atoms with E-state index < -0.39 is 0 Å². The lowest BCUT2D eigenvalue weighted by Gasteiger charge is -2.07. The minimum atomic E-state index is 0.869. The molecule has 0 spiro atoms. The minimum absolute atomic E-state index is 0.869. The molecule has 0 aromatic carbocycles. The van der Waals surface area contributed by atoms with Gasteiger partial charge in [-0.25, -0.2) is 9.97 Å². The maximum Gasteiger partial charge on any atom is 0.132 e. The molecule has 1 rings (SSSR count). The highest BCUT2D eigenvalue weighted by atomic mass is 79.9. The zero-order chi connectivity index (χ0) is 13.9. The third-order valence-corrected chi connectivity index (χ3v) is 3.90. The van der Waals surface area contributed by atoms with Gasteiger partial charge in [-0.1, -0.05) is 19.8 Å². The minimum Gasteiger partial charge on any atom is -0.370 e. The Morgan fingerprint density at radius 3 is 2.74 bits per heavy atom. The normalized spacial score (nSPS) is 10.7. The predicted octanol–water partition coefficient (Wildman–Crippen LogP) is 4.53. The molecule has 5 heteroatoms. The fraction of sp³-hybridized carbons (Fsp3) is 0.714. The second-order valence-corrected chi connectivity index (χ2v) is 6.37. The highest BCUT2D eigenvalue weighted by Gasteiger charge is 2.01. The van der Waals surface area contributed by atoms with Gasteiger partial charge < -0.3 is 5.32 Å². The Morgan fingerprint density at radius 2 is 2.00 bits per heavy atom. The summed E-state index contributed by atoms with van der Waals surface area (Å²) in [7, 11) is 0. The van der Waals surface area contributed by atoms with Crippen LogP contribution in [0.15, 0.2) is 10.7 Å². The van der Waals surface area contributed by atoms with Crippen LogP contribution >= 0.6 is 27.7 Å². The second-order valence-electron chi connectivity index (χ2n) is 4.58. The number of aromatic nitrogens is 2. The lowest BCUT2D eigenvalue weighted by atomic mass is 10.2. The molecule has 0 fully saturated rings. The van der Waals surface area contributed by atoms with Crippen molar-refractivity contribution >= 4 is 33.5 Å². The van der Waals surface area contributed by atoms with Crippen LogP contribution in [-0.2, 0) is 6.42 Å². The Labute approximate surface area is 129 Å². The van der Waals surface area contributed by atoms with Crippen LogP contribution in [-0.4, -0.2) is 28.5 Å². The van der Waals surface area contributed by atoms with Crippen molar-refractivity contribution in [3.63, 3.8) is 0 Å². The van der Waals surface area contributed by atoms with Crippen molar-refractivity contribution in [3.05, 3.63) is 16.5 Å². The molecule has 1 N–H and O–H groups in total. The molecule has 0 aliphatic carbocycles. The zero-order valence-corrected chi connectivity index (χ0v) is 14.3. The van der Waals surface area contributed by atoms with E-state index in [0.29, 0.717) is 0 Å². The molecule has 0 aliphatic rings. The van der Waals surface area contributed by atoms with E-state index in [1.807, 2.05) is 17.8 Å². The Kier molecular flexibility index (Phi) is 9.26. The van der Waals surface area contributed by atoms with Crippen molar-refractivity contribution in [2.75, 3.05) is 23.9 Å². The molecular formula is C14H24BrN3S. The number of nitrogens with zero attached hydrogens (tertiary/aromatic N) is 2. The Hall–Kier alpha value is -0.290. The molecule has 0 unspecified atom stereocenters. The number of aryl methyl sites for hydroxylation is 1. The summed E-state index contributed by atoms with van der Waals surface area (Å²) in [4.78, 5) is 8.88. The number of hydrogen-bond acceptors (Lipinski definition) is 4. The zero-order valence-electron chi connectivity index (χ0n) is 11.9. The van der Waals surface area contributed by atoms with Gasteiger partial charge in [-0.3, -0.25) is 0 Å². The van der Waals surface area contributed by atoms with Crippen LogP contribution in [0.1, 0.15) is 44.9 Å². The number of hydrogen-bond donors (Lipinski definition) is 1. The molecule has 0 aliphatic heterocycles. The van der Waals surface area contributed by atoms with Gasteiger partial charge in [0, 0.05) is 19.0 Å². The predicted molar refractivity (Wildman–Crippen MR) is 89.1 cm³/mol. The first-order valence-corrected chi connectivity index (χ1v) is 9.21. The number of rotatable bonds is 10. The standard InChI is InChI=1S/C14H24BrN3S/c1-3-8-13-17-12(15)11-14(18-13)16-9-6-4-5-7-10-19-2/h11H,3-10H2,1-2H3,(H,16,17,18). The van der Waals surface area contributed by atoms with Crippen LogP contribution in [0.3, 0.4) is 0 Å². The number of unbranched alkanes of at least 4 members (excludes halogenated alkanes) is 3. The van der Waals surface area contributed by atoms with Gasteiger partial charge in [0.15, 0.2) is 0 Å². The molecule has 3 nitrogen and oxygen atoms in total. The molecule has 1 heterocycles. The molecule has 1 aromatic heterocycles. The summed E-state index contributed by atoms with van der Waals surface area (Å²) in [6.07, 6.45) is 9.34. The fourth-order valence-electron chi connectivity index (χ4n) is 1.83. The summed E-state index contributed by atoms with van der Waals surface area (Å²) < 4.78 is 0.869. The van der Waals surface area contributed by atoms with Gasteiger partial charge in [0.25, 0.3) is 0 Å². The van der Waals surface area contributed by atoms with E-state index in [2.05, 4.69) is 44.4 Å². The maximum absolute atomic E-state index is 4.51. The average Bonchev–Trinajstić information content (AvgIpc) is 2.37. The molecule has 0 atom stereocenters. The fourth-order valence-corrected chi connectivity index (χ4v) is 2.75. The highest BCUT2D eigenvalue weighted by Crippen LogP contribution is 2.13. The topological polar surface area (TPSA) is 37.8 Å². The van der Waals surface area contributed by atoms with E-state index in [9.17, 15) is 0 Å². The van der Waals surface area contributed by atoms with Gasteiger partial charge in [0.05, 0.1) is 0 Å². The van der Waals surface area contributed by atoms with Crippen LogP contribution in [0.5, 0.6) is 0 Å². The third kappa shape index (κ3) is 7.78. The maximum atomic E-state index is 4.51. The van der Waals surface area contributed by atoms with E-state index in [0.717, 1.165) is 35.6 Å². The molecule has 108 valence electrons. The van der Waals surface area contributed by atoms with Gasteiger partial charge in [0.2, 0.25) is 0 Å². The third-order valence-electron chi connectivity index (χ3n) is 2.80. The van der Waals surface area contributed by atoms with E-state index in [-0.39, 0.29) is 0 Å². The lowest BCUT2D eigenvalue weighted by molar-refractivity contribution is 0.687. The SMILES string of the molecule is CCCc1nc(Br)cc(NCCCCCCSC)n1. The monoisotopic (exact) mass is 345 g/mol. The number of thioether (sulfide) groups is 1. The smallest absolute Gasteiger partial charge is 0.132 e. The Bertz CT molecular complexity index is 361. The van der Waals surface area contributed by atoms with E-state index in [1.54, 1.807) is 0 Å². The van der Waals surface area contributed by atoms with Crippen molar-refractivity contribution in [2.45, 2.75) is 45.4 Å². The van der Waals surface area contributed by atoms with Crippen molar-refractivity contribution in [1.29, 1.82) is 0 Å². The molecule has 0 amide bonds. The summed E-state index contributed by atoms with van der Waals surface area (Å²) in [5, 5.41) is 3.39. The quantitative estimate of drug-likeness (QED) is 0.499. The molecule has 0 saturated heterocycles. The van der Waals surface area contributed by atoms with Crippen LogP contribution in [0.4, 0.5) is 5.82 Å². The van der Waals surface area contributed by atoms with Crippen LogP contribution in [0.2, 0.25) is 0 Å². The number of halogens is 1. The van der Waals surface area contributed by atoms with Crippen molar-refractivity contribution in [1.82, 2.24) is 9.97 Å². The largest absolute Gasteiger partial charge is 0.370 e. The van der Waals surface area contributed by atoms with Crippen LogP contribution in [0, 0.1) is 0 Å². The summed E-state index contributed by atoms with van der Waals surface area (Å²) in [5.74, 6) is 3.14. The van der Waals surface area contributed by atoms with Crippen LogP contribution in [0.25, 0.3) is 0 Å². The summed E-state index contributed by atoms with van der Waals surface area (Å²) in [6.45, 7) is 3.14. The molecular weight excluding hydrogens is 322 g/mol. The first kappa shape index (κ1) is 16.8. The van der Waals surface area contributed by atoms with Crippen molar-refractivity contribution in [2.24, 2.45) is 0 Å². The molecule has 0 radical (unpaired) electrons. The summed E-state index contributed by atoms with van der Waals surface area (Å²) in [5.41, 5.74) is 0. The summed E-state index contributed by atoms with van der Waals surface area (Å²) in [6, 6.07) is 1.95. The van der Waals surface area contributed by atoms with Crippen molar-refractivity contribution < 1.29 is 0 Å². The van der Waals surface area contributed by atoms with Gasteiger partial charge in [-0.15, -0.1) is 0 Å². The van der Waals surface area contributed by atoms with E-state index in [1.165, 1.54) is 31.4 Å². The van der Waals surface area contributed by atoms with Gasteiger partial charge >= 0.3 is 0 Å². The summed E-state index contributed by atoms with van der Waals surface area (Å²) >= 11 is 5.37. The van der Waals surface area contributed by atoms with Crippen LogP contribution < -0.4 is 5.32 Å². The number of nitrogens with one attached hydrogen (secondary N) is 1. The Balaban J connectivity index is 2.25. The molecule has 0 saturated carbocycles. The molecule has 0 bridgehead atoms. The average molecular weight is 346 g/mol. The number of anilines is 1. The van der Waals surface area contributed by atoms with E-state index in [4.69, 9.17) is 0 Å².